The highest BCUT2D eigenvalue weighted by atomic mass is 16.5. The van der Waals surface area contributed by atoms with E-state index in [4.69, 9.17) is 14.2 Å². The monoisotopic (exact) mass is 328 g/mol. The standard InChI is InChI=1S/C19H24N2O3/c1-14(2)24-17-8-5-15(6-9-17)12-20-21-13-16-7-10-18(22-3)19(11-16)23-4/h5-12,14,21H,13H2,1-4H3/b20-12-. The fourth-order valence-corrected chi connectivity index (χ4v) is 2.15. The zero-order valence-corrected chi connectivity index (χ0v) is 14.6. The molecule has 0 heterocycles. The molecule has 2 aromatic carbocycles. The fraction of sp³-hybridized carbons (Fsp3) is 0.316. The van der Waals surface area contributed by atoms with Crippen LogP contribution in [-0.4, -0.2) is 26.5 Å². The normalized spacial score (nSPS) is 10.9. The molecule has 0 unspecified atom stereocenters. The lowest BCUT2D eigenvalue weighted by molar-refractivity contribution is 0.242. The lowest BCUT2D eigenvalue weighted by atomic mass is 10.2. The van der Waals surface area contributed by atoms with Crippen LogP contribution in [-0.2, 0) is 6.54 Å². The minimum Gasteiger partial charge on any atom is -0.493 e. The quantitative estimate of drug-likeness (QED) is 0.594. The van der Waals surface area contributed by atoms with Crippen LogP contribution in [0.2, 0.25) is 0 Å². The first kappa shape index (κ1) is 17.7. The number of nitrogens with one attached hydrogen (secondary N) is 1. The Morgan fingerprint density at radius 3 is 2.33 bits per heavy atom. The van der Waals surface area contributed by atoms with E-state index in [9.17, 15) is 0 Å². The Balaban J connectivity index is 1.88. The Kier molecular flexibility index (Phi) is 6.49. The molecule has 0 aromatic heterocycles. The molecule has 0 spiro atoms. The van der Waals surface area contributed by atoms with Crippen molar-refractivity contribution in [1.82, 2.24) is 5.43 Å². The van der Waals surface area contributed by atoms with Gasteiger partial charge in [-0.15, -0.1) is 0 Å². The van der Waals surface area contributed by atoms with Crippen molar-refractivity contribution >= 4 is 6.21 Å². The minimum absolute atomic E-state index is 0.174. The van der Waals surface area contributed by atoms with Crippen LogP contribution in [0.4, 0.5) is 0 Å². The summed E-state index contributed by atoms with van der Waals surface area (Å²) < 4.78 is 16.1. The molecule has 5 nitrogen and oxygen atoms in total. The van der Waals surface area contributed by atoms with Crippen molar-refractivity contribution in [2.24, 2.45) is 5.10 Å². The Morgan fingerprint density at radius 1 is 1.00 bits per heavy atom. The molecule has 1 N–H and O–H groups in total. The molecular weight excluding hydrogens is 304 g/mol. The molecule has 0 aliphatic carbocycles. The summed E-state index contributed by atoms with van der Waals surface area (Å²) in [5.74, 6) is 2.29. The largest absolute Gasteiger partial charge is 0.493 e. The molecule has 0 fully saturated rings. The van der Waals surface area contributed by atoms with E-state index in [2.05, 4.69) is 10.5 Å². The third-order valence-electron chi connectivity index (χ3n) is 3.29. The molecule has 0 aliphatic rings. The van der Waals surface area contributed by atoms with E-state index in [1.807, 2.05) is 56.3 Å². The second kappa shape index (κ2) is 8.82. The number of hydrogen-bond acceptors (Lipinski definition) is 5. The summed E-state index contributed by atoms with van der Waals surface area (Å²) in [5.41, 5.74) is 5.09. The summed E-state index contributed by atoms with van der Waals surface area (Å²) in [6, 6.07) is 13.6. The second-order valence-corrected chi connectivity index (χ2v) is 5.52. The van der Waals surface area contributed by atoms with Crippen LogP contribution in [0.3, 0.4) is 0 Å². The Hall–Kier alpha value is -2.69. The summed E-state index contributed by atoms with van der Waals surface area (Å²) >= 11 is 0. The van der Waals surface area contributed by atoms with Gasteiger partial charge >= 0.3 is 0 Å². The Bertz CT molecular complexity index is 667. The maximum Gasteiger partial charge on any atom is 0.161 e. The van der Waals surface area contributed by atoms with E-state index in [-0.39, 0.29) is 6.10 Å². The van der Waals surface area contributed by atoms with Gasteiger partial charge in [-0.05, 0) is 61.4 Å². The van der Waals surface area contributed by atoms with Crippen LogP contribution < -0.4 is 19.6 Å². The molecule has 0 bridgehead atoms. The molecule has 0 saturated carbocycles. The number of rotatable bonds is 8. The number of benzene rings is 2. The van der Waals surface area contributed by atoms with E-state index in [1.165, 1.54) is 0 Å². The highest BCUT2D eigenvalue weighted by molar-refractivity contribution is 5.79. The van der Waals surface area contributed by atoms with Gasteiger partial charge in [0, 0.05) is 0 Å². The molecule has 0 amide bonds. The van der Waals surface area contributed by atoms with Crippen LogP contribution in [0, 0.1) is 0 Å². The molecule has 0 aliphatic heterocycles. The summed E-state index contributed by atoms with van der Waals surface area (Å²) in [6.45, 7) is 4.62. The average Bonchev–Trinajstić information content (AvgIpc) is 2.59. The maximum atomic E-state index is 5.61. The smallest absolute Gasteiger partial charge is 0.161 e. The highest BCUT2D eigenvalue weighted by Gasteiger charge is 2.03. The van der Waals surface area contributed by atoms with Crippen molar-refractivity contribution in [3.8, 4) is 17.2 Å². The van der Waals surface area contributed by atoms with Crippen molar-refractivity contribution in [2.45, 2.75) is 26.5 Å². The van der Waals surface area contributed by atoms with Crippen molar-refractivity contribution in [1.29, 1.82) is 0 Å². The van der Waals surface area contributed by atoms with Gasteiger partial charge in [0.05, 0.1) is 33.1 Å². The van der Waals surface area contributed by atoms with Crippen LogP contribution in [0.1, 0.15) is 25.0 Å². The summed E-state index contributed by atoms with van der Waals surface area (Å²) in [4.78, 5) is 0. The van der Waals surface area contributed by atoms with Gasteiger partial charge in [0.15, 0.2) is 11.5 Å². The van der Waals surface area contributed by atoms with Gasteiger partial charge in [-0.1, -0.05) is 6.07 Å². The molecule has 2 aromatic rings. The number of ether oxygens (including phenoxy) is 3. The molecule has 128 valence electrons. The van der Waals surface area contributed by atoms with Gasteiger partial charge in [0.25, 0.3) is 0 Å². The average molecular weight is 328 g/mol. The lowest BCUT2D eigenvalue weighted by Crippen LogP contribution is -2.06. The van der Waals surface area contributed by atoms with Crippen molar-refractivity contribution < 1.29 is 14.2 Å². The van der Waals surface area contributed by atoms with Gasteiger partial charge in [-0.2, -0.15) is 5.10 Å². The van der Waals surface area contributed by atoms with E-state index in [1.54, 1.807) is 20.4 Å². The first-order valence-electron chi connectivity index (χ1n) is 7.86. The van der Waals surface area contributed by atoms with Crippen LogP contribution in [0.15, 0.2) is 47.6 Å². The maximum absolute atomic E-state index is 5.61. The van der Waals surface area contributed by atoms with Crippen LogP contribution in [0.25, 0.3) is 0 Å². The molecule has 0 radical (unpaired) electrons. The first-order valence-corrected chi connectivity index (χ1v) is 7.86. The third kappa shape index (κ3) is 5.19. The Morgan fingerprint density at radius 2 is 1.71 bits per heavy atom. The van der Waals surface area contributed by atoms with E-state index in [0.717, 1.165) is 16.9 Å². The summed E-state index contributed by atoms with van der Waals surface area (Å²) in [5, 5.41) is 4.24. The number of methoxy groups -OCH3 is 2. The molecule has 0 atom stereocenters. The topological polar surface area (TPSA) is 52.1 Å². The molecular formula is C19H24N2O3. The van der Waals surface area contributed by atoms with Gasteiger partial charge in [-0.3, -0.25) is 0 Å². The second-order valence-electron chi connectivity index (χ2n) is 5.52. The summed E-state index contributed by atoms with van der Waals surface area (Å²) in [6.07, 6.45) is 1.95. The molecule has 24 heavy (non-hydrogen) atoms. The lowest BCUT2D eigenvalue weighted by Gasteiger charge is -2.09. The highest BCUT2D eigenvalue weighted by Crippen LogP contribution is 2.27. The van der Waals surface area contributed by atoms with Gasteiger partial charge in [0.1, 0.15) is 5.75 Å². The van der Waals surface area contributed by atoms with Crippen molar-refractivity contribution in [3.63, 3.8) is 0 Å². The van der Waals surface area contributed by atoms with E-state index in [0.29, 0.717) is 18.0 Å². The van der Waals surface area contributed by atoms with E-state index < -0.39 is 0 Å². The van der Waals surface area contributed by atoms with Crippen LogP contribution in [0.5, 0.6) is 17.2 Å². The van der Waals surface area contributed by atoms with Gasteiger partial charge in [-0.25, -0.2) is 0 Å². The van der Waals surface area contributed by atoms with E-state index >= 15 is 0 Å². The van der Waals surface area contributed by atoms with Crippen LogP contribution >= 0.6 is 0 Å². The predicted molar refractivity (Wildman–Crippen MR) is 96.2 cm³/mol. The van der Waals surface area contributed by atoms with Crippen molar-refractivity contribution in [2.75, 3.05) is 14.2 Å². The third-order valence-corrected chi connectivity index (χ3v) is 3.29. The minimum atomic E-state index is 0.174. The number of hydrogen-bond donors (Lipinski definition) is 1. The zero-order valence-electron chi connectivity index (χ0n) is 14.6. The summed E-state index contributed by atoms with van der Waals surface area (Å²) in [7, 11) is 3.25. The van der Waals surface area contributed by atoms with Gasteiger partial charge in [0.2, 0.25) is 0 Å². The number of nitrogens with zero attached hydrogens (tertiary/aromatic N) is 1. The van der Waals surface area contributed by atoms with Gasteiger partial charge < -0.3 is 19.6 Å². The predicted octanol–water partition coefficient (Wildman–Crippen LogP) is 3.61. The number of hydrazone groups is 1. The van der Waals surface area contributed by atoms with Crippen molar-refractivity contribution in [3.05, 3.63) is 53.6 Å². The SMILES string of the molecule is COc1ccc(CN/N=C\c2ccc(OC(C)C)cc2)cc1OC. The molecule has 2 rings (SSSR count). The Labute approximate surface area is 143 Å². The molecule has 0 saturated heterocycles. The zero-order chi connectivity index (χ0) is 17.4. The first-order chi connectivity index (χ1) is 11.6. The molecule has 5 heteroatoms. The fourth-order valence-electron chi connectivity index (χ4n) is 2.15.